The Morgan fingerprint density at radius 2 is 1.89 bits per heavy atom. The van der Waals surface area contributed by atoms with Crippen LogP contribution in [0.5, 0.6) is 0 Å². The molecule has 0 aliphatic rings. The maximum atomic E-state index is 14.0. The molecule has 0 spiro atoms. The van der Waals surface area contributed by atoms with E-state index in [2.05, 4.69) is 4.98 Å². The Kier molecular flexibility index (Phi) is 6.86. The quantitative estimate of drug-likeness (QED) is 0.619. The Morgan fingerprint density at radius 1 is 1.15 bits per heavy atom. The third-order valence-electron chi connectivity index (χ3n) is 3.91. The van der Waals surface area contributed by atoms with Crippen molar-refractivity contribution >= 4 is 45.0 Å². The van der Waals surface area contributed by atoms with Crippen molar-refractivity contribution in [1.82, 2.24) is 9.88 Å². The number of anilines is 1. The largest absolute Gasteiger partial charge is 0.308 e. The SMILES string of the molecule is Cc1cccc(C(=O)N(CCN(C)C)c2nc3c(F)cc(F)cc3s2)c1.Cl. The number of aromatic nitrogens is 1. The molecule has 8 heteroatoms. The molecule has 0 unspecified atom stereocenters. The first-order valence-corrected chi connectivity index (χ1v) is 8.95. The maximum Gasteiger partial charge on any atom is 0.260 e. The molecule has 1 aromatic heterocycles. The molecule has 0 N–H and O–H groups in total. The van der Waals surface area contributed by atoms with Crippen molar-refractivity contribution in [1.29, 1.82) is 0 Å². The number of likely N-dealkylation sites (N-methyl/N-ethyl adjacent to an activating group) is 1. The van der Waals surface area contributed by atoms with E-state index in [0.29, 0.717) is 28.5 Å². The summed E-state index contributed by atoms with van der Waals surface area (Å²) in [6.07, 6.45) is 0. The number of fused-ring (bicyclic) bond motifs is 1. The van der Waals surface area contributed by atoms with Crippen molar-refractivity contribution in [3.63, 3.8) is 0 Å². The van der Waals surface area contributed by atoms with Gasteiger partial charge in [0.2, 0.25) is 0 Å². The monoisotopic (exact) mass is 411 g/mol. The van der Waals surface area contributed by atoms with E-state index >= 15 is 0 Å². The lowest BCUT2D eigenvalue weighted by atomic mass is 10.1. The van der Waals surface area contributed by atoms with Gasteiger partial charge in [0, 0.05) is 24.7 Å². The van der Waals surface area contributed by atoms with Gasteiger partial charge < -0.3 is 4.90 Å². The molecule has 0 saturated heterocycles. The third-order valence-corrected chi connectivity index (χ3v) is 4.94. The average molecular weight is 412 g/mol. The summed E-state index contributed by atoms with van der Waals surface area (Å²) in [5.74, 6) is -1.59. The Bertz CT molecular complexity index is 961. The number of carbonyl (C=O) groups is 1. The number of carbonyl (C=O) groups excluding carboxylic acids is 1. The molecule has 27 heavy (non-hydrogen) atoms. The van der Waals surface area contributed by atoms with Crippen LogP contribution in [0.1, 0.15) is 15.9 Å². The summed E-state index contributed by atoms with van der Waals surface area (Å²) in [6.45, 7) is 2.92. The van der Waals surface area contributed by atoms with E-state index in [9.17, 15) is 13.6 Å². The van der Waals surface area contributed by atoms with E-state index in [1.165, 1.54) is 11.0 Å². The maximum absolute atomic E-state index is 14.0. The van der Waals surface area contributed by atoms with Gasteiger partial charge in [-0.2, -0.15) is 0 Å². The molecule has 0 aliphatic heterocycles. The molecule has 0 aliphatic carbocycles. The fourth-order valence-corrected chi connectivity index (χ4v) is 3.61. The predicted octanol–water partition coefficient (Wildman–Crippen LogP) is 4.51. The Hall–Kier alpha value is -2.09. The minimum Gasteiger partial charge on any atom is -0.308 e. The average Bonchev–Trinajstić information content (AvgIpc) is 2.98. The normalized spacial score (nSPS) is 10.9. The molecule has 1 amide bonds. The van der Waals surface area contributed by atoms with Gasteiger partial charge in [0.15, 0.2) is 10.9 Å². The second-order valence-corrected chi connectivity index (χ2v) is 7.37. The van der Waals surface area contributed by atoms with Crippen LogP contribution in [0, 0.1) is 18.6 Å². The van der Waals surface area contributed by atoms with E-state index in [4.69, 9.17) is 0 Å². The molecule has 2 aromatic carbocycles. The molecule has 1 heterocycles. The van der Waals surface area contributed by atoms with Crippen molar-refractivity contribution < 1.29 is 13.6 Å². The first-order valence-electron chi connectivity index (χ1n) is 8.14. The smallest absolute Gasteiger partial charge is 0.260 e. The highest BCUT2D eigenvalue weighted by Gasteiger charge is 2.22. The van der Waals surface area contributed by atoms with Crippen LogP contribution in [0.3, 0.4) is 0 Å². The van der Waals surface area contributed by atoms with Crippen LogP contribution in [0.2, 0.25) is 0 Å². The summed E-state index contributed by atoms with van der Waals surface area (Å²) in [6, 6.07) is 9.32. The zero-order chi connectivity index (χ0) is 18.8. The summed E-state index contributed by atoms with van der Waals surface area (Å²) < 4.78 is 27.9. The fraction of sp³-hybridized carbons (Fsp3) is 0.263. The number of thiazole rings is 1. The van der Waals surface area contributed by atoms with Crippen molar-refractivity contribution in [2.75, 3.05) is 32.1 Å². The van der Waals surface area contributed by atoms with E-state index < -0.39 is 11.6 Å². The lowest BCUT2D eigenvalue weighted by molar-refractivity contribution is 0.0985. The van der Waals surface area contributed by atoms with Gasteiger partial charge in [-0.25, -0.2) is 13.8 Å². The van der Waals surface area contributed by atoms with Crippen LogP contribution in [0.15, 0.2) is 36.4 Å². The molecular formula is C19H20ClF2N3OS. The number of rotatable bonds is 5. The topological polar surface area (TPSA) is 36.4 Å². The van der Waals surface area contributed by atoms with Crippen LogP contribution in [-0.2, 0) is 0 Å². The third kappa shape index (κ3) is 4.80. The number of benzene rings is 2. The number of hydrogen-bond acceptors (Lipinski definition) is 4. The van der Waals surface area contributed by atoms with Gasteiger partial charge in [0.25, 0.3) is 5.91 Å². The highest BCUT2D eigenvalue weighted by molar-refractivity contribution is 7.22. The molecule has 144 valence electrons. The summed E-state index contributed by atoms with van der Waals surface area (Å²) in [7, 11) is 3.81. The molecule has 0 bridgehead atoms. The number of amides is 1. The lowest BCUT2D eigenvalue weighted by Crippen LogP contribution is -2.36. The van der Waals surface area contributed by atoms with Crippen LogP contribution in [0.4, 0.5) is 13.9 Å². The van der Waals surface area contributed by atoms with Crippen LogP contribution >= 0.6 is 23.7 Å². The minimum absolute atomic E-state index is 0. The van der Waals surface area contributed by atoms with Crippen LogP contribution in [-0.4, -0.2) is 43.0 Å². The van der Waals surface area contributed by atoms with Gasteiger partial charge >= 0.3 is 0 Å². The predicted molar refractivity (Wildman–Crippen MR) is 108 cm³/mol. The second-order valence-electron chi connectivity index (χ2n) is 6.36. The van der Waals surface area contributed by atoms with E-state index in [-0.39, 0.29) is 23.8 Å². The first kappa shape index (κ1) is 21.2. The summed E-state index contributed by atoms with van der Waals surface area (Å²) in [4.78, 5) is 20.8. The number of nitrogens with zero attached hydrogens (tertiary/aromatic N) is 3. The van der Waals surface area contributed by atoms with Gasteiger partial charge in [-0.15, -0.1) is 12.4 Å². The number of hydrogen-bond donors (Lipinski definition) is 0. The van der Waals surface area contributed by atoms with Crippen molar-refractivity contribution in [2.45, 2.75) is 6.92 Å². The van der Waals surface area contributed by atoms with E-state index in [0.717, 1.165) is 23.0 Å². The highest BCUT2D eigenvalue weighted by Crippen LogP contribution is 2.32. The number of halogens is 3. The summed E-state index contributed by atoms with van der Waals surface area (Å²) in [5, 5.41) is 0.359. The van der Waals surface area contributed by atoms with Crippen molar-refractivity contribution in [3.05, 3.63) is 59.2 Å². The van der Waals surface area contributed by atoms with Crippen molar-refractivity contribution in [2.24, 2.45) is 0 Å². The fourth-order valence-electron chi connectivity index (χ4n) is 2.58. The van der Waals surface area contributed by atoms with Gasteiger partial charge in [0.1, 0.15) is 11.3 Å². The van der Waals surface area contributed by atoms with Crippen molar-refractivity contribution in [3.8, 4) is 0 Å². The second kappa shape index (κ2) is 8.73. The van der Waals surface area contributed by atoms with Gasteiger partial charge in [0.05, 0.1) is 4.70 Å². The molecule has 0 fully saturated rings. The molecule has 0 saturated carbocycles. The molecule has 0 radical (unpaired) electrons. The van der Waals surface area contributed by atoms with Crippen LogP contribution < -0.4 is 4.90 Å². The van der Waals surface area contributed by atoms with Crippen LogP contribution in [0.25, 0.3) is 10.2 Å². The summed E-state index contributed by atoms with van der Waals surface area (Å²) >= 11 is 1.11. The number of aryl methyl sites for hydroxylation is 1. The first-order chi connectivity index (χ1) is 12.3. The van der Waals surface area contributed by atoms with E-state index in [1.54, 1.807) is 12.1 Å². The zero-order valence-corrected chi connectivity index (χ0v) is 16.8. The zero-order valence-electron chi connectivity index (χ0n) is 15.2. The lowest BCUT2D eigenvalue weighted by Gasteiger charge is -2.22. The van der Waals surface area contributed by atoms with Gasteiger partial charge in [-0.3, -0.25) is 9.69 Å². The highest BCUT2D eigenvalue weighted by atomic mass is 35.5. The Labute approximate surface area is 166 Å². The Morgan fingerprint density at radius 3 is 2.56 bits per heavy atom. The van der Waals surface area contributed by atoms with E-state index in [1.807, 2.05) is 38.1 Å². The summed E-state index contributed by atoms with van der Waals surface area (Å²) in [5.41, 5.74) is 1.59. The van der Waals surface area contributed by atoms with Gasteiger partial charge in [-0.1, -0.05) is 29.0 Å². The molecular weight excluding hydrogens is 392 g/mol. The molecule has 3 rings (SSSR count). The molecule has 4 nitrogen and oxygen atoms in total. The molecule has 0 atom stereocenters. The standard InChI is InChI=1S/C19H19F2N3OS.ClH/c1-12-5-4-6-13(9-12)18(25)24(8-7-23(2)3)19-22-17-15(21)10-14(20)11-16(17)26-19;/h4-6,9-11H,7-8H2,1-3H3;1H. The van der Waals surface area contributed by atoms with Gasteiger partial charge in [-0.05, 0) is 39.2 Å². The minimum atomic E-state index is -0.724. The molecule has 3 aromatic rings. The Balaban J connectivity index is 0.00000261.